The van der Waals surface area contributed by atoms with Crippen molar-refractivity contribution in [3.8, 4) is 0 Å². The minimum Gasteiger partial charge on any atom is -0.380 e. The summed E-state index contributed by atoms with van der Waals surface area (Å²) >= 11 is 0. The highest BCUT2D eigenvalue weighted by Gasteiger charge is 2.07. The SMILES string of the molecule is COCc1c(C)nn(C)c1C. The molecule has 1 aromatic rings. The molecule has 0 saturated carbocycles. The largest absolute Gasteiger partial charge is 0.380 e. The van der Waals surface area contributed by atoms with Crippen LogP contribution < -0.4 is 0 Å². The molecule has 0 aliphatic carbocycles. The molecule has 3 heteroatoms. The second-order valence-corrected chi connectivity index (χ2v) is 2.71. The number of methoxy groups -OCH3 is 1. The van der Waals surface area contributed by atoms with Crippen LogP contribution >= 0.6 is 0 Å². The third-order valence-electron chi connectivity index (χ3n) is 1.95. The monoisotopic (exact) mass is 154 g/mol. The molecule has 0 aliphatic rings. The molecule has 0 unspecified atom stereocenters. The first-order chi connectivity index (χ1) is 5.16. The van der Waals surface area contributed by atoms with E-state index in [2.05, 4.69) is 5.10 Å². The Balaban J connectivity index is 3.02. The zero-order chi connectivity index (χ0) is 8.43. The van der Waals surface area contributed by atoms with Crippen LogP contribution in [0.25, 0.3) is 0 Å². The predicted molar refractivity (Wildman–Crippen MR) is 43.4 cm³/mol. The quantitative estimate of drug-likeness (QED) is 0.639. The van der Waals surface area contributed by atoms with Crippen molar-refractivity contribution in [3.05, 3.63) is 17.0 Å². The van der Waals surface area contributed by atoms with Crippen molar-refractivity contribution in [2.45, 2.75) is 20.5 Å². The molecule has 0 amide bonds. The van der Waals surface area contributed by atoms with E-state index >= 15 is 0 Å². The summed E-state index contributed by atoms with van der Waals surface area (Å²) in [5.74, 6) is 0. The Hall–Kier alpha value is -0.830. The van der Waals surface area contributed by atoms with Gasteiger partial charge in [0.25, 0.3) is 0 Å². The molecule has 1 heterocycles. The van der Waals surface area contributed by atoms with E-state index in [0.717, 1.165) is 5.69 Å². The molecule has 0 atom stereocenters. The first-order valence-electron chi connectivity index (χ1n) is 3.64. The van der Waals surface area contributed by atoms with Crippen molar-refractivity contribution in [1.29, 1.82) is 0 Å². The first kappa shape index (κ1) is 8.27. The van der Waals surface area contributed by atoms with E-state index in [4.69, 9.17) is 4.74 Å². The van der Waals surface area contributed by atoms with Crippen LogP contribution in [-0.4, -0.2) is 16.9 Å². The molecule has 0 radical (unpaired) electrons. The Kier molecular flexibility index (Phi) is 2.29. The zero-order valence-corrected chi connectivity index (χ0v) is 7.51. The van der Waals surface area contributed by atoms with Crippen molar-refractivity contribution >= 4 is 0 Å². The topological polar surface area (TPSA) is 27.1 Å². The minimum atomic E-state index is 0.658. The standard InChI is InChI=1S/C8H14N2O/c1-6-8(5-11-4)7(2)10(3)9-6/h5H2,1-4H3. The molecule has 1 rings (SSSR count). The highest BCUT2D eigenvalue weighted by molar-refractivity contribution is 5.23. The molecular formula is C8H14N2O. The third-order valence-corrected chi connectivity index (χ3v) is 1.95. The lowest BCUT2D eigenvalue weighted by Crippen LogP contribution is -1.94. The van der Waals surface area contributed by atoms with Gasteiger partial charge >= 0.3 is 0 Å². The summed E-state index contributed by atoms with van der Waals surface area (Å²) < 4.78 is 6.93. The molecule has 0 bridgehead atoms. The van der Waals surface area contributed by atoms with Crippen molar-refractivity contribution in [3.63, 3.8) is 0 Å². The molecule has 0 saturated heterocycles. The maximum Gasteiger partial charge on any atom is 0.0749 e. The Morgan fingerprint density at radius 2 is 2.09 bits per heavy atom. The second kappa shape index (κ2) is 3.05. The summed E-state index contributed by atoms with van der Waals surface area (Å²) in [4.78, 5) is 0. The minimum absolute atomic E-state index is 0.658. The molecule has 0 fully saturated rings. The second-order valence-electron chi connectivity index (χ2n) is 2.71. The molecular weight excluding hydrogens is 140 g/mol. The van der Waals surface area contributed by atoms with Crippen LogP contribution in [0.4, 0.5) is 0 Å². The highest BCUT2D eigenvalue weighted by atomic mass is 16.5. The van der Waals surface area contributed by atoms with Crippen LogP contribution in [-0.2, 0) is 18.4 Å². The van der Waals surface area contributed by atoms with Crippen molar-refractivity contribution in [2.75, 3.05) is 7.11 Å². The summed E-state index contributed by atoms with van der Waals surface area (Å²) in [6.45, 7) is 4.71. The van der Waals surface area contributed by atoms with Crippen molar-refractivity contribution < 1.29 is 4.74 Å². The van der Waals surface area contributed by atoms with Gasteiger partial charge in [0.15, 0.2) is 0 Å². The smallest absolute Gasteiger partial charge is 0.0749 e. The van der Waals surface area contributed by atoms with Gasteiger partial charge in [0.1, 0.15) is 0 Å². The summed E-state index contributed by atoms with van der Waals surface area (Å²) in [5.41, 5.74) is 3.45. The van der Waals surface area contributed by atoms with Gasteiger partial charge in [-0.1, -0.05) is 0 Å². The van der Waals surface area contributed by atoms with Gasteiger partial charge in [-0.2, -0.15) is 5.10 Å². The van der Waals surface area contributed by atoms with Gasteiger partial charge in [-0.15, -0.1) is 0 Å². The fourth-order valence-corrected chi connectivity index (χ4v) is 1.17. The number of aromatic nitrogens is 2. The summed E-state index contributed by atoms with van der Waals surface area (Å²) in [6.07, 6.45) is 0. The molecule has 0 aromatic carbocycles. The van der Waals surface area contributed by atoms with Crippen LogP contribution in [0.15, 0.2) is 0 Å². The van der Waals surface area contributed by atoms with E-state index in [1.165, 1.54) is 11.3 Å². The van der Waals surface area contributed by atoms with E-state index in [9.17, 15) is 0 Å². The first-order valence-corrected chi connectivity index (χ1v) is 3.64. The lowest BCUT2D eigenvalue weighted by Gasteiger charge is -1.98. The Bertz CT molecular complexity index is 253. The fraction of sp³-hybridized carbons (Fsp3) is 0.625. The third kappa shape index (κ3) is 1.43. The van der Waals surface area contributed by atoms with Crippen LogP contribution in [0.2, 0.25) is 0 Å². The molecule has 0 N–H and O–H groups in total. The van der Waals surface area contributed by atoms with Gasteiger partial charge in [-0.25, -0.2) is 0 Å². The van der Waals surface area contributed by atoms with Gasteiger partial charge in [0, 0.05) is 25.4 Å². The number of hydrogen-bond acceptors (Lipinski definition) is 2. The highest BCUT2D eigenvalue weighted by Crippen LogP contribution is 2.11. The predicted octanol–water partition coefficient (Wildman–Crippen LogP) is 1.18. The number of hydrogen-bond donors (Lipinski definition) is 0. The average molecular weight is 154 g/mol. The fourth-order valence-electron chi connectivity index (χ4n) is 1.17. The summed E-state index contributed by atoms with van der Waals surface area (Å²) in [7, 11) is 3.65. The van der Waals surface area contributed by atoms with E-state index in [0.29, 0.717) is 6.61 Å². The van der Waals surface area contributed by atoms with E-state index in [1.54, 1.807) is 7.11 Å². The van der Waals surface area contributed by atoms with Crippen LogP contribution in [0.3, 0.4) is 0 Å². The van der Waals surface area contributed by atoms with E-state index in [1.807, 2.05) is 25.6 Å². The van der Waals surface area contributed by atoms with Crippen molar-refractivity contribution in [2.24, 2.45) is 7.05 Å². The molecule has 3 nitrogen and oxygen atoms in total. The summed E-state index contributed by atoms with van der Waals surface area (Å²) in [5, 5.41) is 4.27. The maximum absolute atomic E-state index is 5.05. The van der Waals surface area contributed by atoms with Gasteiger partial charge in [-0.05, 0) is 13.8 Å². The number of rotatable bonds is 2. The number of aryl methyl sites for hydroxylation is 2. The average Bonchev–Trinajstić information content (AvgIpc) is 2.17. The number of ether oxygens (including phenoxy) is 1. The molecule has 1 aromatic heterocycles. The van der Waals surface area contributed by atoms with E-state index in [-0.39, 0.29) is 0 Å². The van der Waals surface area contributed by atoms with Gasteiger partial charge in [0.05, 0.1) is 12.3 Å². The van der Waals surface area contributed by atoms with E-state index < -0.39 is 0 Å². The Morgan fingerprint density at radius 1 is 1.45 bits per heavy atom. The maximum atomic E-state index is 5.05. The number of nitrogens with zero attached hydrogens (tertiary/aromatic N) is 2. The molecule has 0 spiro atoms. The molecule has 0 aliphatic heterocycles. The lowest BCUT2D eigenvalue weighted by molar-refractivity contribution is 0.184. The normalized spacial score (nSPS) is 10.5. The zero-order valence-electron chi connectivity index (χ0n) is 7.51. The molecule has 62 valence electrons. The van der Waals surface area contributed by atoms with Gasteiger partial charge < -0.3 is 4.74 Å². The van der Waals surface area contributed by atoms with Gasteiger partial charge in [0.2, 0.25) is 0 Å². The van der Waals surface area contributed by atoms with Crippen LogP contribution in [0, 0.1) is 13.8 Å². The van der Waals surface area contributed by atoms with Crippen LogP contribution in [0.5, 0.6) is 0 Å². The van der Waals surface area contributed by atoms with Crippen molar-refractivity contribution in [1.82, 2.24) is 9.78 Å². The summed E-state index contributed by atoms with van der Waals surface area (Å²) in [6, 6.07) is 0. The Morgan fingerprint density at radius 3 is 2.45 bits per heavy atom. The lowest BCUT2D eigenvalue weighted by atomic mass is 10.2. The Labute approximate surface area is 67.0 Å². The molecule has 11 heavy (non-hydrogen) atoms. The van der Waals surface area contributed by atoms with Crippen LogP contribution in [0.1, 0.15) is 17.0 Å². The van der Waals surface area contributed by atoms with Gasteiger partial charge in [-0.3, -0.25) is 4.68 Å².